The number of nitriles is 1. The minimum atomic E-state index is -0.194. The number of fused-ring (bicyclic) bond motifs is 11. The Morgan fingerprint density at radius 2 is 1.00 bits per heavy atom. The molecule has 194 valence electrons. The monoisotopic (exact) mass is 579 g/mol. The number of benzene rings is 5. The summed E-state index contributed by atoms with van der Waals surface area (Å²) >= 11 is 3.71. The zero-order valence-electron chi connectivity index (χ0n) is 23.8. The van der Waals surface area contributed by atoms with Gasteiger partial charge in [0.1, 0.15) is 0 Å². The summed E-state index contributed by atoms with van der Waals surface area (Å²) in [5, 5.41) is 12.2. The van der Waals surface area contributed by atoms with Crippen molar-refractivity contribution in [2.24, 2.45) is 0 Å². The summed E-state index contributed by atoms with van der Waals surface area (Å²) < 4.78 is 1.13. The first-order chi connectivity index (χ1) is 19.0. The van der Waals surface area contributed by atoms with Crippen LogP contribution in [0.2, 0.25) is 0 Å². The highest BCUT2D eigenvalue weighted by Crippen LogP contribution is 2.60. The first-order valence-corrected chi connectivity index (χ1v) is 14.9. The lowest BCUT2D eigenvalue weighted by Gasteiger charge is -2.24. The van der Waals surface area contributed by atoms with Gasteiger partial charge in [0, 0.05) is 26.1 Å². The summed E-state index contributed by atoms with van der Waals surface area (Å²) in [4.78, 5) is 0. The van der Waals surface area contributed by atoms with E-state index in [9.17, 15) is 5.26 Å². The molecule has 0 N–H and O–H groups in total. The summed E-state index contributed by atoms with van der Waals surface area (Å²) in [6, 6.07) is 29.7. The first-order valence-electron chi connectivity index (χ1n) is 14.1. The molecule has 0 aromatic heterocycles. The second kappa shape index (κ2) is 7.34. The fraction of sp³-hybridized carbons (Fsp3) is 0.237. The molecule has 0 bridgehead atoms. The molecule has 5 aromatic carbocycles. The maximum absolute atomic E-state index is 10.0. The van der Waals surface area contributed by atoms with Crippen molar-refractivity contribution >= 4 is 26.7 Å². The Kier molecular flexibility index (Phi) is 4.43. The largest absolute Gasteiger partial charge is 0.192 e. The molecule has 0 heterocycles. The summed E-state index contributed by atoms with van der Waals surface area (Å²) in [6.07, 6.45) is 0. The molecule has 0 saturated heterocycles. The molecule has 0 radical (unpaired) electrons. The fourth-order valence-electron chi connectivity index (χ4n) is 8.10. The number of nitrogens with zero attached hydrogens (tertiary/aromatic N) is 1. The maximum atomic E-state index is 10.0. The van der Waals surface area contributed by atoms with Crippen LogP contribution in [0.25, 0.3) is 44.2 Å². The highest BCUT2D eigenvalue weighted by Gasteiger charge is 2.45. The molecule has 8 rings (SSSR count). The molecule has 0 saturated carbocycles. The molecular weight excluding hydrogens is 550 g/mol. The summed E-state index contributed by atoms with van der Waals surface area (Å²) in [5.41, 5.74) is 16.7. The smallest absolute Gasteiger partial charge is 0.0998 e. The van der Waals surface area contributed by atoms with E-state index in [1.165, 1.54) is 72.1 Å². The third-order valence-corrected chi connectivity index (χ3v) is 10.8. The topological polar surface area (TPSA) is 23.8 Å². The van der Waals surface area contributed by atoms with Crippen molar-refractivity contribution in [1.29, 1.82) is 5.26 Å². The van der Waals surface area contributed by atoms with E-state index in [-0.39, 0.29) is 16.2 Å². The van der Waals surface area contributed by atoms with Crippen LogP contribution >= 0.6 is 15.9 Å². The zero-order valence-corrected chi connectivity index (χ0v) is 25.3. The van der Waals surface area contributed by atoms with Gasteiger partial charge in [-0.1, -0.05) is 87.8 Å². The minimum Gasteiger partial charge on any atom is -0.192 e. The molecule has 1 nitrogen and oxygen atoms in total. The Morgan fingerprint density at radius 1 is 0.525 bits per heavy atom. The van der Waals surface area contributed by atoms with Gasteiger partial charge >= 0.3 is 0 Å². The van der Waals surface area contributed by atoms with Crippen molar-refractivity contribution in [3.05, 3.63) is 116 Å². The van der Waals surface area contributed by atoms with Crippen LogP contribution in [0.1, 0.15) is 80.5 Å². The molecule has 0 aliphatic heterocycles. The highest BCUT2D eigenvalue weighted by atomic mass is 79.9. The number of hydrogen-bond acceptors (Lipinski definition) is 1. The Hall–Kier alpha value is -3.67. The van der Waals surface area contributed by atoms with Crippen molar-refractivity contribution in [2.45, 2.75) is 57.8 Å². The Balaban J connectivity index is 1.41. The van der Waals surface area contributed by atoms with Gasteiger partial charge in [-0.15, -0.1) is 0 Å². The van der Waals surface area contributed by atoms with Gasteiger partial charge in [0.05, 0.1) is 11.6 Å². The van der Waals surface area contributed by atoms with Crippen LogP contribution in [0, 0.1) is 11.3 Å². The van der Waals surface area contributed by atoms with E-state index in [2.05, 4.69) is 130 Å². The van der Waals surface area contributed by atoms with Gasteiger partial charge in [-0.05, 0) is 115 Å². The van der Waals surface area contributed by atoms with Crippen molar-refractivity contribution < 1.29 is 0 Å². The highest BCUT2D eigenvalue weighted by molar-refractivity contribution is 9.10. The van der Waals surface area contributed by atoms with Crippen LogP contribution < -0.4 is 0 Å². The molecule has 0 unspecified atom stereocenters. The third-order valence-electron chi connectivity index (χ3n) is 10.4. The normalized spacial score (nSPS) is 17.4. The predicted molar refractivity (Wildman–Crippen MR) is 169 cm³/mol. The quantitative estimate of drug-likeness (QED) is 0.179. The lowest BCUT2D eigenvalue weighted by molar-refractivity contribution is 0.649. The lowest BCUT2D eigenvalue weighted by Crippen LogP contribution is -2.17. The second-order valence-electron chi connectivity index (χ2n) is 13.5. The first kappa shape index (κ1) is 24.2. The molecule has 2 heteroatoms. The van der Waals surface area contributed by atoms with Crippen molar-refractivity contribution in [2.75, 3.05) is 0 Å². The maximum Gasteiger partial charge on any atom is 0.0998 e. The van der Waals surface area contributed by atoms with Crippen LogP contribution in [0.15, 0.2) is 77.3 Å². The van der Waals surface area contributed by atoms with Crippen molar-refractivity contribution in [1.82, 2.24) is 0 Å². The van der Waals surface area contributed by atoms with E-state index in [1.54, 1.807) is 0 Å². The van der Waals surface area contributed by atoms with Gasteiger partial charge in [-0.25, -0.2) is 0 Å². The van der Waals surface area contributed by atoms with E-state index < -0.39 is 0 Å². The average molecular weight is 581 g/mol. The van der Waals surface area contributed by atoms with E-state index in [4.69, 9.17) is 0 Å². The fourth-order valence-corrected chi connectivity index (χ4v) is 8.46. The molecule has 0 spiro atoms. The van der Waals surface area contributed by atoms with Gasteiger partial charge in [0.25, 0.3) is 0 Å². The second-order valence-corrected chi connectivity index (χ2v) is 14.4. The van der Waals surface area contributed by atoms with Crippen LogP contribution in [-0.4, -0.2) is 0 Å². The molecule has 40 heavy (non-hydrogen) atoms. The Labute approximate surface area is 244 Å². The molecule has 0 fully saturated rings. The molecule has 3 aliphatic rings. The molecule has 5 aromatic rings. The van der Waals surface area contributed by atoms with E-state index in [1.807, 2.05) is 6.07 Å². The Bertz CT molecular complexity index is 2050. The molecular formula is C38H30BrN. The summed E-state index contributed by atoms with van der Waals surface area (Å²) in [7, 11) is 0. The summed E-state index contributed by atoms with van der Waals surface area (Å²) in [5.74, 6) is 0. The van der Waals surface area contributed by atoms with Gasteiger partial charge in [0.15, 0.2) is 0 Å². The third kappa shape index (κ3) is 2.72. The van der Waals surface area contributed by atoms with Crippen molar-refractivity contribution in [3.8, 4) is 39.4 Å². The number of rotatable bonds is 0. The van der Waals surface area contributed by atoms with Crippen molar-refractivity contribution in [3.63, 3.8) is 0 Å². The van der Waals surface area contributed by atoms with Gasteiger partial charge < -0.3 is 0 Å². The van der Waals surface area contributed by atoms with Crippen LogP contribution in [-0.2, 0) is 16.2 Å². The van der Waals surface area contributed by atoms with Crippen LogP contribution in [0.3, 0.4) is 0 Å². The van der Waals surface area contributed by atoms with E-state index in [0.29, 0.717) is 0 Å². The standard InChI is InChI=1S/C38H30BrN/c1-36(2)29-14-21(39)11-12-23(29)25-15-31-26(16-30(25)36)27-17-33-28(18-32(27)37(31,3)4)35-24-10-8-7-9-22(24)20(19-40)13-34(35)38(33,5)6/h7-18H,1-6H3. The lowest BCUT2D eigenvalue weighted by atomic mass is 9.78. The molecule has 3 aliphatic carbocycles. The average Bonchev–Trinajstić information content (AvgIpc) is 3.39. The van der Waals surface area contributed by atoms with Gasteiger partial charge in [-0.3, -0.25) is 0 Å². The predicted octanol–water partition coefficient (Wildman–Crippen LogP) is 10.4. The zero-order chi connectivity index (χ0) is 27.9. The van der Waals surface area contributed by atoms with Gasteiger partial charge in [-0.2, -0.15) is 5.26 Å². The van der Waals surface area contributed by atoms with Gasteiger partial charge in [0.2, 0.25) is 0 Å². The van der Waals surface area contributed by atoms with Crippen LogP contribution in [0.4, 0.5) is 0 Å². The van der Waals surface area contributed by atoms with E-state index >= 15 is 0 Å². The molecule has 0 atom stereocenters. The SMILES string of the molecule is CC1(C)c2cc(Br)ccc2-c2cc3c(cc21)-c1cc2c(cc1C3(C)C)-c1c(cc(C#N)c3ccccc13)C2(C)C. The number of hydrogen-bond donors (Lipinski definition) is 0. The Morgan fingerprint density at radius 3 is 1.60 bits per heavy atom. The minimum absolute atomic E-state index is 0.0603. The summed E-state index contributed by atoms with van der Waals surface area (Å²) in [6.45, 7) is 14.1. The van der Waals surface area contributed by atoms with E-state index in [0.717, 1.165) is 15.4 Å². The number of halogens is 1. The van der Waals surface area contributed by atoms with Crippen LogP contribution in [0.5, 0.6) is 0 Å². The molecule has 0 amide bonds.